The summed E-state index contributed by atoms with van der Waals surface area (Å²) in [7, 11) is -4.96. The van der Waals surface area contributed by atoms with Crippen LogP contribution < -0.4 is 4.18 Å². The Bertz CT molecular complexity index is 919. The monoisotopic (exact) mass is 366 g/mol. The predicted molar refractivity (Wildman–Crippen MR) is 75.6 cm³/mol. The van der Waals surface area contributed by atoms with Gasteiger partial charge in [0.05, 0.1) is 12.7 Å². The van der Waals surface area contributed by atoms with Crippen LogP contribution in [0.25, 0.3) is 10.8 Å². The lowest BCUT2D eigenvalue weighted by molar-refractivity contribution is -0.0499. The minimum absolute atomic E-state index is 0.106. The fourth-order valence-electron chi connectivity index (χ4n) is 2.03. The maximum atomic E-state index is 13.4. The van der Waals surface area contributed by atoms with Gasteiger partial charge in [0.25, 0.3) is 0 Å². The van der Waals surface area contributed by atoms with Gasteiger partial charge in [0.2, 0.25) is 0 Å². The first-order chi connectivity index (χ1) is 11.0. The number of benzene rings is 2. The highest BCUT2D eigenvalue weighted by molar-refractivity contribution is 7.88. The lowest BCUT2D eigenvalue weighted by Gasteiger charge is -2.16. The van der Waals surface area contributed by atoms with E-state index in [0.717, 1.165) is 26.2 Å². The first-order valence-electron chi connectivity index (χ1n) is 6.30. The summed E-state index contributed by atoms with van der Waals surface area (Å²) in [4.78, 5) is 11.7. The third-order valence-electron chi connectivity index (χ3n) is 3.19. The van der Waals surface area contributed by atoms with E-state index in [0.29, 0.717) is 0 Å². The van der Waals surface area contributed by atoms with Gasteiger partial charge < -0.3 is 8.92 Å². The Kier molecular flexibility index (Phi) is 4.44. The second kappa shape index (κ2) is 5.93. The summed E-state index contributed by atoms with van der Waals surface area (Å²) < 4.78 is 82.4. The first-order valence-corrected chi connectivity index (χ1v) is 7.70. The van der Waals surface area contributed by atoms with E-state index in [1.807, 2.05) is 0 Å². The van der Waals surface area contributed by atoms with Gasteiger partial charge in [-0.25, -0.2) is 9.18 Å². The highest BCUT2D eigenvalue weighted by atomic mass is 32.2. The normalized spacial score (nSPS) is 12.2. The Morgan fingerprint density at radius 1 is 1.17 bits per heavy atom. The van der Waals surface area contributed by atoms with Crippen LogP contribution in [0.1, 0.15) is 15.9 Å². The van der Waals surface area contributed by atoms with Gasteiger partial charge in [-0.2, -0.15) is 21.6 Å². The van der Waals surface area contributed by atoms with Crippen molar-refractivity contribution in [3.05, 3.63) is 41.2 Å². The van der Waals surface area contributed by atoms with E-state index < -0.39 is 33.2 Å². The summed E-state index contributed by atoms with van der Waals surface area (Å²) >= 11 is 0. The average molecular weight is 366 g/mol. The molecule has 0 saturated carbocycles. The van der Waals surface area contributed by atoms with Crippen molar-refractivity contribution in [1.29, 1.82) is 0 Å². The molecule has 24 heavy (non-hydrogen) atoms. The van der Waals surface area contributed by atoms with Crippen LogP contribution >= 0.6 is 0 Å². The van der Waals surface area contributed by atoms with E-state index in [1.54, 1.807) is 0 Å². The number of esters is 1. The van der Waals surface area contributed by atoms with Gasteiger partial charge >= 0.3 is 21.6 Å². The Hall–Kier alpha value is -2.36. The van der Waals surface area contributed by atoms with Crippen LogP contribution in [0.4, 0.5) is 17.6 Å². The molecular formula is C14H10F4O5S. The Morgan fingerprint density at radius 2 is 1.79 bits per heavy atom. The smallest absolute Gasteiger partial charge is 0.465 e. The number of rotatable bonds is 3. The fraction of sp³-hybridized carbons (Fsp3) is 0.214. The lowest BCUT2D eigenvalue weighted by atomic mass is 10.0. The predicted octanol–water partition coefficient (Wildman–Crippen LogP) is 3.30. The standard InChI is InChI=1S/C14H10F4O5S/c1-7-10(13(19)22-2)5-8-3-4-9(15)6-11(8)12(7)23-24(20,21)14(16,17)18/h3-6H,1-2H3. The molecular weight excluding hydrogens is 356 g/mol. The highest BCUT2D eigenvalue weighted by Gasteiger charge is 2.49. The Labute approximate surface area is 133 Å². The number of alkyl halides is 3. The van der Waals surface area contributed by atoms with Gasteiger partial charge in [0, 0.05) is 10.9 Å². The molecule has 0 aliphatic heterocycles. The van der Waals surface area contributed by atoms with Crippen molar-refractivity contribution in [2.24, 2.45) is 0 Å². The second-order valence-electron chi connectivity index (χ2n) is 4.72. The molecule has 0 unspecified atom stereocenters. The molecule has 2 aromatic rings. The Balaban J connectivity index is 2.81. The van der Waals surface area contributed by atoms with E-state index in [4.69, 9.17) is 0 Å². The Morgan fingerprint density at radius 3 is 2.33 bits per heavy atom. The first kappa shape index (κ1) is 18.0. The third-order valence-corrected chi connectivity index (χ3v) is 4.14. The molecule has 0 heterocycles. The molecule has 0 aliphatic rings. The minimum atomic E-state index is -6.00. The topological polar surface area (TPSA) is 69.7 Å². The van der Waals surface area contributed by atoms with Crippen molar-refractivity contribution in [3.63, 3.8) is 0 Å². The highest BCUT2D eigenvalue weighted by Crippen LogP contribution is 2.37. The van der Waals surface area contributed by atoms with Crippen LogP contribution in [-0.2, 0) is 14.9 Å². The fourth-order valence-corrected chi connectivity index (χ4v) is 2.55. The van der Waals surface area contributed by atoms with Gasteiger partial charge in [-0.1, -0.05) is 6.07 Å². The van der Waals surface area contributed by atoms with E-state index in [1.165, 1.54) is 12.1 Å². The van der Waals surface area contributed by atoms with E-state index in [2.05, 4.69) is 8.92 Å². The van der Waals surface area contributed by atoms with Crippen LogP contribution in [0.3, 0.4) is 0 Å². The molecule has 0 N–H and O–H groups in total. The molecule has 0 radical (unpaired) electrons. The molecule has 0 bridgehead atoms. The summed E-state index contributed by atoms with van der Waals surface area (Å²) in [6.07, 6.45) is 0. The zero-order chi connectivity index (χ0) is 18.3. The second-order valence-corrected chi connectivity index (χ2v) is 6.26. The molecule has 2 aromatic carbocycles. The molecule has 0 aliphatic carbocycles. The molecule has 10 heteroatoms. The van der Waals surface area contributed by atoms with Crippen molar-refractivity contribution < 1.29 is 39.7 Å². The van der Waals surface area contributed by atoms with Crippen LogP contribution in [0.5, 0.6) is 5.75 Å². The van der Waals surface area contributed by atoms with E-state index >= 15 is 0 Å². The maximum absolute atomic E-state index is 13.4. The van der Waals surface area contributed by atoms with Crippen LogP contribution in [0.15, 0.2) is 24.3 Å². The number of ether oxygens (including phenoxy) is 1. The number of hydrogen-bond donors (Lipinski definition) is 0. The maximum Gasteiger partial charge on any atom is 0.534 e. The summed E-state index contributed by atoms with van der Waals surface area (Å²) in [5.41, 5.74) is -6.11. The number of fused-ring (bicyclic) bond motifs is 1. The van der Waals surface area contributed by atoms with Crippen LogP contribution in [0.2, 0.25) is 0 Å². The molecule has 0 amide bonds. The third kappa shape index (κ3) is 3.14. The molecule has 130 valence electrons. The number of methoxy groups -OCH3 is 1. The minimum Gasteiger partial charge on any atom is -0.465 e. The largest absolute Gasteiger partial charge is 0.534 e. The lowest BCUT2D eigenvalue weighted by Crippen LogP contribution is -2.28. The van der Waals surface area contributed by atoms with Crippen molar-refractivity contribution in [2.45, 2.75) is 12.4 Å². The van der Waals surface area contributed by atoms with Crippen molar-refractivity contribution in [1.82, 2.24) is 0 Å². The number of carbonyl (C=O) groups is 1. The van der Waals surface area contributed by atoms with Gasteiger partial charge in [0.1, 0.15) is 5.82 Å². The van der Waals surface area contributed by atoms with Crippen LogP contribution in [0, 0.1) is 12.7 Å². The number of halogens is 4. The number of hydrogen-bond acceptors (Lipinski definition) is 5. The molecule has 0 spiro atoms. The zero-order valence-corrected chi connectivity index (χ0v) is 13.1. The van der Waals surface area contributed by atoms with Crippen molar-refractivity contribution >= 4 is 26.9 Å². The quantitative estimate of drug-likeness (QED) is 0.361. The van der Waals surface area contributed by atoms with E-state index in [9.17, 15) is 30.8 Å². The number of carbonyl (C=O) groups excluding carboxylic acids is 1. The summed E-state index contributed by atoms with van der Waals surface area (Å²) in [5, 5.41) is -0.122. The summed E-state index contributed by atoms with van der Waals surface area (Å²) in [5.74, 6) is -2.51. The SMILES string of the molecule is COC(=O)c1cc2ccc(F)cc2c(OS(=O)(=O)C(F)(F)F)c1C. The van der Waals surface area contributed by atoms with Gasteiger partial charge in [-0.05, 0) is 30.5 Å². The van der Waals surface area contributed by atoms with Crippen LogP contribution in [-0.4, -0.2) is 27.0 Å². The molecule has 0 aromatic heterocycles. The molecule has 0 atom stereocenters. The average Bonchev–Trinajstić information content (AvgIpc) is 2.48. The molecule has 0 fully saturated rings. The van der Waals surface area contributed by atoms with Gasteiger partial charge in [-0.3, -0.25) is 0 Å². The van der Waals surface area contributed by atoms with E-state index in [-0.39, 0.29) is 21.9 Å². The summed E-state index contributed by atoms with van der Waals surface area (Å²) in [6, 6.07) is 4.22. The van der Waals surface area contributed by atoms with Gasteiger partial charge in [0.15, 0.2) is 5.75 Å². The van der Waals surface area contributed by atoms with Crippen molar-refractivity contribution in [2.75, 3.05) is 7.11 Å². The van der Waals surface area contributed by atoms with Gasteiger partial charge in [-0.15, -0.1) is 0 Å². The van der Waals surface area contributed by atoms with Crippen molar-refractivity contribution in [3.8, 4) is 5.75 Å². The molecule has 0 saturated heterocycles. The summed E-state index contributed by atoms with van der Waals surface area (Å²) in [6.45, 7) is 1.16. The molecule has 2 rings (SSSR count). The molecule has 5 nitrogen and oxygen atoms in total. The zero-order valence-electron chi connectivity index (χ0n) is 12.3.